The lowest BCUT2D eigenvalue weighted by Crippen LogP contribution is -2.00. The van der Waals surface area contributed by atoms with Gasteiger partial charge in [0.1, 0.15) is 5.75 Å². The summed E-state index contributed by atoms with van der Waals surface area (Å²) in [6.45, 7) is 1.77. The van der Waals surface area contributed by atoms with E-state index in [0.29, 0.717) is 11.3 Å². The number of phenols is 1. The Morgan fingerprint density at radius 1 is 1.38 bits per heavy atom. The van der Waals surface area contributed by atoms with E-state index in [1.165, 1.54) is 25.5 Å². The van der Waals surface area contributed by atoms with E-state index in [1.54, 1.807) is 25.1 Å². The van der Waals surface area contributed by atoms with E-state index in [2.05, 4.69) is 25.7 Å². The smallest absolute Gasteiger partial charge is 0.337 e. The molecule has 0 radical (unpaired) electrons. The molecule has 0 bridgehead atoms. The summed E-state index contributed by atoms with van der Waals surface area (Å²) in [7, 11) is 1.30. The number of halogens is 1. The first-order valence-corrected chi connectivity index (χ1v) is 7.52. The van der Waals surface area contributed by atoms with Crippen LogP contribution in [0.4, 0.5) is 11.4 Å². The van der Waals surface area contributed by atoms with Crippen LogP contribution in [0.1, 0.15) is 21.5 Å². The molecule has 8 heteroatoms. The van der Waals surface area contributed by atoms with E-state index in [4.69, 9.17) is 0 Å². The molecule has 0 aliphatic rings. The number of nitrogens with zero attached hydrogens (tertiary/aromatic N) is 2. The number of benzene rings is 2. The molecular formula is C16H13BrN2O5. The van der Waals surface area contributed by atoms with Crippen molar-refractivity contribution in [2.45, 2.75) is 6.92 Å². The molecular weight excluding hydrogens is 380 g/mol. The number of nitro benzene ring substituents is 1. The summed E-state index contributed by atoms with van der Waals surface area (Å²) in [6, 6.07) is 7.25. The van der Waals surface area contributed by atoms with Crippen LogP contribution in [0.15, 0.2) is 39.8 Å². The molecule has 0 saturated heterocycles. The highest BCUT2D eigenvalue weighted by Gasteiger charge is 2.14. The number of aliphatic imine (C=N–C) groups is 1. The van der Waals surface area contributed by atoms with Gasteiger partial charge in [-0.15, -0.1) is 0 Å². The van der Waals surface area contributed by atoms with Gasteiger partial charge in [-0.2, -0.15) is 0 Å². The van der Waals surface area contributed by atoms with Crippen molar-refractivity contribution in [3.63, 3.8) is 0 Å². The minimum Gasteiger partial charge on any atom is -0.506 e. The zero-order valence-electron chi connectivity index (χ0n) is 12.8. The van der Waals surface area contributed by atoms with Crippen molar-refractivity contribution in [1.82, 2.24) is 0 Å². The van der Waals surface area contributed by atoms with E-state index in [-0.39, 0.29) is 21.5 Å². The molecule has 2 aromatic rings. The van der Waals surface area contributed by atoms with Gasteiger partial charge in [-0.1, -0.05) is 0 Å². The molecule has 0 aliphatic heterocycles. The quantitative estimate of drug-likeness (QED) is 0.367. The van der Waals surface area contributed by atoms with Crippen LogP contribution in [-0.2, 0) is 4.74 Å². The van der Waals surface area contributed by atoms with Gasteiger partial charge >= 0.3 is 5.97 Å². The number of aryl methyl sites for hydroxylation is 1. The summed E-state index contributed by atoms with van der Waals surface area (Å²) in [5.41, 5.74) is 1.71. The highest BCUT2D eigenvalue weighted by Crippen LogP contribution is 2.32. The van der Waals surface area contributed by atoms with Crippen molar-refractivity contribution >= 4 is 39.5 Å². The number of nitro groups is 1. The van der Waals surface area contributed by atoms with E-state index in [1.807, 2.05) is 0 Å². The second kappa shape index (κ2) is 7.22. The standard InChI is InChI=1S/C16H13BrN2O5/c1-9-5-10(16(21)24-2)3-4-14(9)18-8-11-6-12(19(22)23)7-13(17)15(11)20/h3-8,20H,1-2H3. The number of carbonyl (C=O) groups is 1. The van der Waals surface area contributed by atoms with Gasteiger partial charge in [0.2, 0.25) is 0 Å². The third-order valence-electron chi connectivity index (χ3n) is 3.25. The molecule has 0 aliphatic carbocycles. The minimum atomic E-state index is -0.558. The number of aromatic hydroxyl groups is 1. The number of hydrogen-bond acceptors (Lipinski definition) is 6. The molecule has 0 fully saturated rings. The number of non-ortho nitro benzene ring substituents is 1. The molecule has 0 aromatic heterocycles. The fraction of sp³-hybridized carbons (Fsp3) is 0.125. The molecule has 0 spiro atoms. The minimum absolute atomic E-state index is 0.145. The van der Waals surface area contributed by atoms with Gasteiger partial charge in [-0.3, -0.25) is 15.1 Å². The molecule has 0 heterocycles. The van der Waals surface area contributed by atoms with Crippen molar-refractivity contribution in [3.8, 4) is 5.75 Å². The Bertz CT molecular complexity index is 849. The van der Waals surface area contributed by atoms with E-state index in [0.717, 1.165) is 5.56 Å². The Morgan fingerprint density at radius 3 is 2.67 bits per heavy atom. The number of carbonyl (C=O) groups excluding carboxylic acids is 1. The number of ether oxygens (including phenoxy) is 1. The van der Waals surface area contributed by atoms with Crippen molar-refractivity contribution in [3.05, 3.63) is 61.6 Å². The third kappa shape index (κ3) is 3.77. The second-order valence-corrected chi connectivity index (χ2v) is 5.73. The fourth-order valence-corrected chi connectivity index (χ4v) is 2.46. The highest BCUT2D eigenvalue weighted by molar-refractivity contribution is 9.10. The number of rotatable bonds is 4. The fourth-order valence-electron chi connectivity index (χ4n) is 1.99. The Balaban J connectivity index is 2.38. The lowest BCUT2D eigenvalue weighted by Gasteiger charge is -2.05. The summed E-state index contributed by atoms with van der Waals surface area (Å²) in [4.78, 5) is 26.0. The predicted molar refractivity (Wildman–Crippen MR) is 92.2 cm³/mol. The van der Waals surface area contributed by atoms with Gasteiger partial charge in [0.05, 0.1) is 27.8 Å². The summed E-state index contributed by atoms with van der Waals surface area (Å²) < 4.78 is 4.85. The zero-order valence-corrected chi connectivity index (χ0v) is 14.4. The van der Waals surface area contributed by atoms with Crippen LogP contribution in [0.3, 0.4) is 0 Å². The molecule has 24 heavy (non-hydrogen) atoms. The average Bonchev–Trinajstić information content (AvgIpc) is 2.55. The van der Waals surface area contributed by atoms with Gasteiger partial charge < -0.3 is 9.84 Å². The van der Waals surface area contributed by atoms with E-state index < -0.39 is 10.9 Å². The van der Waals surface area contributed by atoms with Crippen LogP contribution in [0.5, 0.6) is 5.75 Å². The molecule has 2 rings (SSSR count). The average molecular weight is 393 g/mol. The Hall–Kier alpha value is -2.74. The van der Waals surface area contributed by atoms with Crippen molar-refractivity contribution in [2.75, 3.05) is 7.11 Å². The van der Waals surface area contributed by atoms with Crippen LogP contribution >= 0.6 is 15.9 Å². The SMILES string of the molecule is COC(=O)c1ccc(N=Cc2cc([N+](=O)[O-])cc(Br)c2O)c(C)c1. The molecule has 0 atom stereocenters. The maximum atomic E-state index is 11.5. The van der Waals surface area contributed by atoms with Crippen LogP contribution in [0, 0.1) is 17.0 Å². The zero-order chi connectivity index (χ0) is 17.9. The van der Waals surface area contributed by atoms with Crippen LogP contribution in [-0.4, -0.2) is 29.3 Å². The molecule has 2 aromatic carbocycles. The molecule has 0 amide bonds. The normalized spacial score (nSPS) is 10.8. The van der Waals surface area contributed by atoms with Crippen molar-refractivity contribution < 1.29 is 19.6 Å². The first kappa shape index (κ1) is 17.6. The van der Waals surface area contributed by atoms with E-state index in [9.17, 15) is 20.0 Å². The number of phenolic OH excluding ortho intramolecular Hbond substituents is 1. The molecule has 124 valence electrons. The second-order valence-electron chi connectivity index (χ2n) is 4.87. The first-order chi connectivity index (χ1) is 11.3. The Labute approximate surface area is 145 Å². The van der Waals surface area contributed by atoms with E-state index >= 15 is 0 Å². The summed E-state index contributed by atoms with van der Waals surface area (Å²) in [5.74, 6) is -0.595. The van der Waals surface area contributed by atoms with Crippen molar-refractivity contribution in [1.29, 1.82) is 0 Å². The van der Waals surface area contributed by atoms with Crippen LogP contribution in [0.25, 0.3) is 0 Å². The van der Waals surface area contributed by atoms with Crippen molar-refractivity contribution in [2.24, 2.45) is 4.99 Å². The first-order valence-electron chi connectivity index (χ1n) is 6.73. The van der Waals surface area contributed by atoms with Gasteiger partial charge in [0, 0.05) is 23.9 Å². The third-order valence-corrected chi connectivity index (χ3v) is 3.85. The Morgan fingerprint density at radius 2 is 2.08 bits per heavy atom. The summed E-state index contributed by atoms with van der Waals surface area (Å²) in [6.07, 6.45) is 1.33. The predicted octanol–water partition coefficient (Wildman–Crippen LogP) is 3.91. The Kier molecular flexibility index (Phi) is 5.30. The lowest BCUT2D eigenvalue weighted by atomic mass is 10.1. The van der Waals surface area contributed by atoms with Gasteiger partial charge in [-0.05, 0) is 46.6 Å². The van der Waals surface area contributed by atoms with Gasteiger partial charge in [0.25, 0.3) is 5.69 Å². The van der Waals surface area contributed by atoms with Crippen LogP contribution in [0.2, 0.25) is 0 Å². The van der Waals surface area contributed by atoms with Gasteiger partial charge in [0.15, 0.2) is 0 Å². The summed E-state index contributed by atoms with van der Waals surface area (Å²) in [5, 5.41) is 20.9. The molecule has 7 nitrogen and oxygen atoms in total. The molecule has 1 N–H and O–H groups in total. The topological polar surface area (TPSA) is 102 Å². The van der Waals surface area contributed by atoms with Gasteiger partial charge in [-0.25, -0.2) is 4.79 Å². The van der Waals surface area contributed by atoms with Crippen LogP contribution < -0.4 is 0 Å². The maximum absolute atomic E-state index is 11.5. The number of methoxy groups -OCH3 is 1. The summed E-state index contributed by atoms with van der Waals surface area (Å²) >= 11 is 3.07. The largest absolute Gasteiger partial charge is 0.506 e. The number of esters is 1. The molecule has 0 unspecified atom stereocenters. The monoisotopic (exact) mass is 392 g/mol. The molecule has 0 saturated carbocycles. The number of hydrogen-bond donors (Lipinski definition) is 1. The highest BCUT2D eigenvalue weighted by atomic mass is 79.9. The maximum Gasteiger partial charge on any atom is 0.337 e. The lowest BCUT2D eigenvalue weighted by molar-refractivity contribution is -0.385.